The number of nitrogens with one attached hydrogen (secondary N) is 1. The fraction of sp³-hybridized carbons (Fsp3) is 0.536. The van der Waals surface area contributed by atoms with Gasteiger partial charge in [-0.1, -0.05) is 36.4 Å². The zero-order chi connectivity index (χ0) is 25.2. The number of benzene rings is 2. The molecule has 1 N–H and O–H groups in total. The van der Waals surface area contributed by atoms with Gasteiger partial charge in [0.05, 0.1) is 13.2 Å². The Morgan fingerprint density at radius 2 is 1.91 bits per heavy atom. The second-order valence-corrected chi connectivity index (χ2v) is 10.6. The number of nitrogens with zero attached hydrogens (tertiary/aromatic N) is 1. The van der Waals surface area contributed by atoms with Gasteiger partial charge in [-0.3, -0.25) is 4.90 Å². The predicted octanol–water partition coefficient (Wildman–Crippen LogP) is 6.05. The Hall–Kier alpha value is -2.67. The van der Waals surface area contributed by atoms with Gasteiger partial charge >= 0.3 is 6.09 Å². The first-order chi connectivity index (χ1) is 16.6. The van der Waals surface area contributed by atoms with E-state index in [1.807, 2.05) is 68.1 Å². The highest BCUT2D eigenvalue weighted by Gasteiger charge is 2.38. The molecule has 2 aliphatic rings. The number of halogens is 2. The monoisotopic (exact) mass is 486 g/mol. The molecule has 190 valence electrons. The van der Waals surface area contributed by atoms with Crippen molar-refractivity contribution in [2.45, 2.75) is 83.0 Å². The van der Waals surface area contributed by atoms with E-state index in [0.717, 1.165) is 29.5 Å². The first kappa shape index (κ1) is 25.4. The van der Waals surface area contributed by atoms with E-state index in [-0.39, 0.29) is 31.0 Å². The van der Waals surface area contributed by atoms with Crippen LogP contribution in [0.5, 0.6) is 5.75 Å². The Balaban J connectivity index is 1.58. The third kappa shape index (κ3) is 6.13. The minimum absolute atomic E-state index is 0.0270. The van der Waals surface area contributed by atoms with Crippen LogP contribution < -0.4 is 10.1 Å². The number of ether oxygens (including phenoxy) is 2. The van der Waals surface area contributed by atoms with Gasteiger partial charge in [0, 0.05) is 37.5 Å². The van der Waals surface area contributed by atoms with Crippen molar-refractivity contribution < 1.29 is 23.0 Å². The van der Waals surface area contributed by atoms with Gasteiger partial charge in [0.2, 0.25) is 0 Å². The maximum Gasteiger partial charge on any atom is 0.410 e. The quantitative estimate of drug-likeness (QED) is 0.559. The molecule has 2 aromatic rings. The molecule has 1 aliphatic carbocycles. The lowest BCUT2D eigenvalue weighted by molar-refractivity contribution is -0.0123. The minimum Gasteiger partial charge on any atom is -0.496 e. The number of aryl methyl sites for hydroxylation is 1. The first-order valence-electron chi connectivity index (χ1n) is 12.4. The predicted molar refractivity (Wildman–Crippen MR) is 132 cm³/mol. The Morgan fingerprint density at radius 3 is 2.60 bits per heavy atom. The van der Waals surface area contributed by atoms with E-state index in [9.17, 15) is 13.6 Å². The standard InChI is InChI=1S/C28H36F2N2O3/c1-27(2,3)35-26(33)32-14-8-11-23(25(32)19-9-6-5-7-10-19)31-18-22-15-21-17-28(29,30)13-12-20(21)16-24(22)34-4/h5-7,9-10,15-16,23,25,31H,8,11-14,17-18H2,1-4H3. The molecule has 1 fully saturated rings. The average Bonchev–Trinajstić information content (AvgIpc) is 2.80. The van der Waals surface area contributed by atoms with Crippen LogP contribution in [0.25, 0.3) is 0 Å². The molecular formula is C28H36F2N2O3. The number of fused-ring (bicyclic) bond motifs is 1. The molecule has 5 nitrogen and oxygen atoms in total. The Morgan fingerprint density at radius 1 is 1.17 bits per heavy atom. The number of piperidine rings is 1. The summed E-state index contributed by atoms with van der Waals surface area (Å²) in [7, 11) is 1.61. The Bertz CT molecular complexity index is 1040. The maximum absolute atomic E-state index is 14.1. The lowest BCUT2D eigenvalue weighted by atomic mass is 9.87. The highest BCUT2D eigenvalue weighted by atomic mass is 19.3. The van der Waals surface area contributed by atoms with Crippen LogP contribution in [0.3, 0.4) is 0 Å². The number of amides is 1. The minimum atomic E-state index is -2.66. The molecule has 1 saturated heterocycles. The van der Waals surface area contributed by atoms with E-state index in [1.54, 1.807) is 7.11 Å². The molecule has 2 unspecified atom stereocenters. The number of likely N-dealkylation sites (tertiary alicyclic amines) is 1. The lowest BCUT2D eigenvalue weighted by Gasteiger charge is -2.42. The second kappa shape index (κ2) is 10.1. The van der Waals surface area contributed by atoms with Crippen LogP contribution in [-0.4, -0.2) is 42.2 Å². The van der Waals surface area contributed by atoms with Gasteiger partial charge < -0.3 is 14.8 Å². The molecule has 1 amide bonds. The summed E-state index contributed by atoms with van der Waals surface area (Å²) in [5.41, 5.74) is 2.93. The van der Waals surface area contributed by atoms with E-state index in [2.05, 4.69) is 5.32 Å². The highest BCUT2D eigenvalue weighted by molar-refractivity contribution is 5.69. The van der Waals surface area contributed by atoms with Crippen molar-refractivity contribution in [3.05, 3.63) is 64.7 Å². The van der Waals surface area contributed by atoms with Crippen LogP contribution in [0.15, 0.2) is 42.5 Å². The zero-order valence-electron chi connectivity index (χ0n) is 21.1. The number of hydrogen-bond acceptors (Lipinski definition) is 4. The Labute approximate surface area is 206 Å². The van der Waals surface area contributed by atoms with Crippen LogP contribution in [0.4, 0.5) is 13.6 Å². The third-order valence-electron chi connectivity index (χ3n) is 6.77. The number of alkyl halides is 2. The number of methoxy groups -OCH3 is 1. The third-order valence-corrected chi connectivity index (χ3v) is 6.77. The summed E-state index contributed by atoms with van der Waals surface area (Å²) >= 11 is 0. The van der Waals surface area contributed by atoms with Crippen LogP contribution in [-0.2, 0) is 24.1 Å². The fourth-order valence-corrected chi connectivity index (χ4v) is 5.17. The number of carbonyl (C=O) groups excluding carboxylic acids is 1. The van der Waals surface area contributed by atoms with Gasteiger partial charge in [-0.05, 0) is 62.8 Å². The molecule has 7 heteroatoms. The molecule has 0 spiro atoms. The molecule has 0 saturated carbocycles. The van der Waals surface area contributed by atoms with Crippen molar-refractivity contribution in [1.29, 1.82) is 0 Å². The molecule has 35 heavy (non-hydrogen) atoms. The first-order valence-corrected chi connectivity index (χ1v) is 12.4. The lowest BCUT2D eigenvalue weighted by Crippen LogP contribution is -2.51. The van der Waals surface area contributed by atoms with Gasteiger partial charge in [-0.15, -0.1) is 0 Å². The summed E-state index contributed by atoms with van der Waals surface area (Å²) in [6.07, 6.45) is 1.39. The summed E-state index contributed by atoms with van der Waals surface area (Å²) in [4.78, 5) is 14.9. The van der Waals surface area contributed by atoms with E-state index in [1.165, 1.54) is 0 Å². The summed E-state index contributed by atoms with van der Waals surface area (Å²) in [6.45, 7) is 6.68. The number of carbonyl (C=O) groups is 1. The molecule has 1 aliphatic heterocycles. The highest BCUT2D eigenvalue weighted by Crippen LogP contribution is 2.37. The largest absolute Gasteiger partial charge is 0.496 e. The molecular weight excluding hydrogens is 450 g/mol. The molecule has 0 aromatic heterocycles. The number of rotatable bonds is 5. The van der Waals surface area contributed by atoms with Crippen LogP contribution in [0.1, 0.15) is 68.3 Å². The average molecular weight is 487 g/mol. The summed E-state index contributed by atoms with van der Waals surface area (Å²) in [6, 6.07) is 13.5. The normalized spacial score (nSPS) is 21.8. The van der Waals surface area contributed by atoms with Gasteiger partial charge in [0.1, 0.15) is 11.4 Å². The van der Waals surface area contributed by atoms with Crippen molar-refractivity contribution in [2.75, 3.05) is 13.7 Å². The summed E-state index contributed by atoms with van der Waals surface area (Å²) in [5.74, 6) is -1.96. The summed E-state index contributed by atoms with van der Waals surface area (Å²) < 4.78 is 39.4. The van der Waals surface area contributed by atoms with Gasteiger partial charge in [0.25, 0.3) is 5.92 Å². The molecule has 2 aromatic carbocycles. The van der Waals surface area contributed by atoms with Crippen molar-refractivity contribution >= 4 is 6.09 Å². The van der Waals surface area contributed by atoms with Gasteiger partial charge in [-0.2, -0.15) is 0 Å². The van der Waals surface area contributed by atoms with Crippen LogP contribution >= 0.6 is 0 Å². The van der Waals surface area contributed by atoms with Gasteiger partial charge in [-0.25, -0.2) is 13.6 Å². The van der Waals surface area contributed by atoms with E-state index in [0.29, 0.717) is 30.8 Å². The molecule has 1 heterocycles. The SMILES string of the molecule is COc1cc2c(cc1CNC1CCCN(C(=O)OC(C)(C)C)C1c1ccccc1)CC(F)(F)CC2. The Kier molecular flexibility index (Phi) is 7.36. The second-order valence-electron chi connectivity index (χ2n) is 10.6. The van der Waals surface area contributed by atoms with E-state index < -0.39 is 11.5 Å². The molecule has 0 bridgehead atoms. The van der Waals surface area contributed by atoms with Crippen molar-refractivity contribution in [2.24, 2.45) is 0 Å². The topological polar surface area (TPSA) is 50.8 Å². The van der Waals surface area contributed by atoms with Crippen LogP contribution in [0, 0.1) is 0 Å². The smallest absolute Gasteiger partial charge is 0.410 e. The van der Waals surface area contributed by atoms with Gasteiger partial charge in [0.15, 0.2) is 0 Å². The van der Waals surface area contributed by atoms with E-state index >= 15 is 0 Å². The van der Waals surface area contributed by atoms with E-state index in [4.69, 9.17) is 9.47 Å². The van der Waals surface area contributed by atoms with Crippen molar-refractivity contribution in [3.8, 4) is 5.75 Å². The summed E-state index contributed by atoms with van der Waals surface area (Å²) in [5, 5.41) is 3.62. The molecule has 4 rings (SSSR count). The van der Waals surface area contributed by atoms with Crippen molar-refractivity contribution in [1.82, 2.24) is 10.2 Å². The molecule has 2 atom stereocenters. The zero-order valence-corrected chi connectivity index (χ0v) is 21.1. The van der Waals surface area contributed by atoms with Crippen molar-refractivity contribution in [3.63, 3.8) is 0 Å². The number of hydrogen-bond donors (Lipinski definition) is 1. The van der Waals surface area contributed by atoms with Crippen LogP contribution in [0.2, 0.25) is 0 Å². The fourth-order valence-electron chi connectivity index (χ4n) is 5.17. The maximum atomic E-state index is 14.1. The molecule has 0 radical (unpaired) electrons.